The maximum Gasteiger partial charge on any atom is 0.324 e. The van der Waals surface area contributed by atoms with Crippen LogP contribution < -0.4 is 0 Å². The third-order valence-corrected chi connectivity index (χ3v) is 6.51. The summed E-state index contributed by atoms with van der Waals surface area (Å²) in [6, 6.07) is 2.47. The van der Waals surface area contributed by atoms with Crippen molar-refractivity contribution < 1.29 is 17.9 Å². The summed E-state index contributed by atoms with van der Waals surface area (Å²) in [7, 11) is -3.77. The fourth-order valence-electron chi connectivity index (χ4n) is 2.83. The number of piperidine rings is 1. The molecule has 1 fully saturated rings. The van der Waals surface area contributed by atoms with Gasteiger partial charge < -0.3 is 4.74 Å². The quantitative estimate of drug-likeness (QED) is 0.775. The number of hydrogen-bond acceptors (Lipinski definition) is 4. The highest BCUT2D eigenvalue weighted by Gasteiger charge is 2.39. The second-order valence-corrected chi connectivity index (χ2v) is 8.01. The Kier molecular flexibility index (Phi) is 5.70. The summed E-state index contributed by atoms with van der Waals surface area (Å²) < 4.78 is 32.5. The second-order valence-electron chi connectivity index (χ2n) is 5.75. The number of aryl methyl sites for hydroxylation is 2. The van der Waals surface area contributed by atoms with Gasteiger partial charge in [-0.15, -0.1) is 0 Å². The minimum atomic E-state index is -3.77. The van der Waals surface area contributed by atoms with E-state index in [1.165, 1.54) is 4.31 Å². The van der Waals surface area contributed by atoms with E-state index in [-0.39, 0.29) is 11.5 Å². The first-order chi connectivity index (χ1) is 10.8. The zero-order chi connectivity index (χ0) is 17.2. The Morgan fingerprint density at radius 1 is 1.30 bits per heavy atom. The van der Waals surface area contributed by atoms with E-state index in [0.717, 1.165) is 12.8 Å². The van der Waals surface area contributed by atoms with Gasteiger partial charge in [-0.2, -0.15) is 4.31 Å². The lowest BCUT2D eigenvalue weighted by Crippen LogP contribution is -2.48. The summed E-state index contributed by atoms with van der Waals surface area (Å²) >= 11 is 6.06. The van der Waals surface area contributed by atoms with Crippen LogP contribution in [0.3, 0.4) is 0 Å². The molecule has 1 heterocycles. The van der Waals surface area contributed by atoms with Crippen molar-refractivity contribution >= 4 is 27.6 Å². The zero-order valence-electron chi connectivity index (χ0n) is 13.6. The molecule has 0 radical (unpaired) electrons. The van der Waals surface area contributed by atoms with Crippen molar-refractivity contribution in [3.05, 3.63) is 28.3 Å². The highest BCUT2D eigenvalue weighted by atomic mass is 35.5. The van der Waals surface area contributed by atoms with Crippen molar-refractivity contribution in [2.75, 3.05) is 13.2 Å². The van der Waals surface area contributed by atoms with Crippen molar-refractivity contribution in [3.63, 3.8) is 0 Å². The molecular weight excluding hydrogens is 338 g/mol. The van der Waals surface area contributed by atoms with Crippen LogP contribution in [0.15, 0.2) is 17.0 Å². The SMILES string of the molecule is CCOC(=O)C1CCCCN1S(=O)(=O)c1cc(C)c(Cl)cc1C. The molecule has 0 saturated carbocycles. The van der Waals surface area contributed by atoms with E-state index >= 15 is 0 Å². The number of sulfonamides is 1. The van der Waals surface area contributed by atoms with Crippen LogP contribution in [0, 0.1) is 13.8 Å². The largest absolute Gasteiger partial charge is 0.465 e. The number of esters is 1. The van der Waals surface area contributed by atoms with E-state index in [4.69, 9.17) is 16.3 Å². The molecule has 1 aromatic rings. The van der Waals surface area contributed by atoms with Crippen molar-refractivity contribution in [1.82, 2.24) is 4.31 Å². The van der Waals surface area contributed by atoms with E-state index in [1.807, 2.05) is 0 Å². The van der Waals surface area contributed by atoms with Gasteiger partial charge in [0.2, 0.25) is 10.0 Å². The lowest BCUT2D eigenvalue weighted by atomic mass is 10.1. The van der Waals surface area contributed by atoms with Crippen molar-refractivity contribution in [2.45, 2.75) is 51.0 Å². The number of hydrogen-bond donors (Lipinski definition) is 0. The Morgan fingerprint density at radius 2 is 2.00 bits per heavy atom. The first-order valence-corrected chi connectivity index (χ1v) is 9.56. The van der Waals surface area contributed by atoms with Crippen LogP contribution in [0.5, 0.6) is 0 Å². The topological polar surface area (TPSA) is 63.7 Å². The predicted octanol–water partition coefficient (Wildman–Crippen LogP) is 3.06. The third-order valence-electron chi connectivity index (χ3n) is 4.06. The molecule has 1 atom stereocenters. The maximum absolute atomic E-state index is 13.1. The second kappa shape index (κ2) is 7.20. The van der Waals surface area contributed by atoms with Gasteiger partial charge in [-0.3, -0.25) is 4.79 Å². The third kappa shape index (κ3) is 3.70. The van der Waals surface area contributed by atoms with Crippen LogP contribution in [0.4, 0.5) is 0 Å². The van der Waals surface area contributed by atoms with E-state index in [1.54, 1.807) is 32.9 Å². The number of halogens is 1. The molecule has 1 aliphatic rings. The molecule has 128 valence electrons. The van der Waals surface area contributed by atoms with E-state index in [2.05, 4.69) is 0 Å². The maximum atomic E-state index is 13.1. The van der Waals surface area contributed by atoms with Crippen molar-refractivity contribution in [3.8, 4) is 0 Å². The summed E-state index contributed by atoms with van der Waals surface area (Å²) in [4.78, 5) is 12.3. The fourth-order valence-corrected chi connectivity index (χ4v) is 4.98. The average Bonchev–Trinajstić information content (AvgIpc) is 2.51. The number of carbonyl (C=O) groups is 1. The molecule has 1 saturated heterocycles. The highest BCUT2D eigenvalue weighted by molar-refractivity contribution is 7.89. The zero-order valence-corrected chi connectivity index (χ0v) is 15.2. The Hall–Kier alpha value is -1.11. The molecule has 0 amide bonds. The lowest BCUT2D eigenvalue weighted by Gasteiger charge is -2.33. The molecule has 5 nitrogen and oxygen atoms in total. The van der Waals surface area contributed by atoms with E-state index in [0.29, 0.717) is 29.1 Å². The summed E-state index contributed by atoms with van der Waals surface area (Å²) in [6.07, 6.45) is 2.04. The van der Waals surface area contributed by atoms with Crippen molar-refractivity contribution in [2.24, 2.45) is 0 Å². The molecule has 1 aromatic carbocycles. The summed E-state index contributed by atoms with van der Waals surface area (Å²) in [5, 5.41) is 0.530. The number of rotatable bonds is 4. The summed E-state index contributed by atoms with van der Waals surface area (Å²) in [5.74, 6) is -0.473. The predicted molar refractivity (Wildman–Crippen MR) is 89.1 cm³/mol. The number of benzene rings is 1. The van der Waals surface area contributed by atoms with Gasteiger partial charge in [0, 0.05) is 11.6 Å². The molecule has 0 N–H and O–H groups in total. The van der Waals surface area contributed by atoms with E-state index in [9.17, 15) is 13.2 Å². The van der Waals surface area contributed by atoms with Crippen LogP contribution in [-0.4, -0.2) is 37.9 Å². The molecule has 1 unspecified atom stereocenters. The van der Waals surface area contributed by atoms with Crippen LogP contribution in [0.2, 0.25) is 5.02 Å². The molecule has 7 heteroatoms. The number of ether oxygens (including phenoxy) is 1. The van der Waals surface area contributed by atoms with Crippen LogP contribution >= 0.6 is 11.6 Å². The molecule has 0 aromatic heterocycles. The minimum Gasteiger partial charge on any atom is -0.465 e. The minimum absolute atomic E-state index is 0.204. The Bertz CT molecular complexity index is 702. The Balaban J connectivity index is 2.44. The normalized spacial score (nSPS) is 19.6. The van der Waals surface area contributed by atoms with Crippen LogP contribution in [0.1, 0.15) is 37.3 Å². The summed E-state index contributed by atoms with van der Waals surface area (Å²) in [5.41, 5.74) is 1.27. The molecule has 23 heavy (non-hydrogen) atoms. The lowest BCUT2D eigenvalue weighted by molar-refractivity contribution is -0.148. The molecule has 1 aliphatic heterocycles. The molecule has 0 bridgehead atoms. The molecular formula is C16H22ClNO4S. The number of carbonyl (C=O) groups excluding carboxylic acids is 1. The summed E-state index contributed by atoms with van der Waals surface area (Å²) in [6.45, 7) is 5.75. The van der Waals surface area contributed by atoms with Crippen LogP contribution in [-0.2, 0) is 19.6 Å². The van der Waals surface area contributed by atoms with Gasteiger partial charge in [0.1, 0.15) is 6.04 Å². The van der Waals surface area contributed by atoms with Gasteiger partial charge in [0.25, 0.3) is 0 Å². The van der Waals surface area contributed by atoms with Gasteiger partial charge >= 0.3 is 5.97 Å². The smallest absolute Gasteiger partial charge is 0.324 e. The number of nitrogens with zero attached hydrogens (tertiary/aromatic N) is 1. The Labute approximate surface area is 142 Å². The Morgan fingerprint density at radius 3 is 2.65 bits per heavy atom. The van der Waals surface area contributed by atoms with Gasteiger partial charge in [-0.1, -0.05) is 11.6 Å². The van der Waals surface area contributed by atoms with Gasteiger partial charge in [0.05, 0.1) is 11.5 Å². The fraction of sp³-hybridized carbons (Fsp3) is 0.562. The van der Waals surface area contributed by atoms with Crippen LogP contribution in [0.25, 0.3) is 0 Å². The first kappa shape index (κ1) is 18.2. The van der Waals surface area contributed by atoms with Gasteiger partial charge in [-0.05, 0) is 63.3 Å². The highest BCUT2D eigenvalue weighted by Crippen LogP contribution is 2.30. The van der Waals surface area contributed by atoms with E-state index < -0.39 is 22.0 Å². The standard InChI is InChI=1S/C16H22ClNO4S/c1-4-22-16(19)14-7-5-6-8-18(14)23(20,21)15-10-11(2)13(17)9-12(15)3/h9-10,14H,4-8H2,1-3H3. The first-order valence-electron chi connectivity index (χ1n) is 7.74. The molecule has 0 spiro atoms. The van der Waals surface area contributed by atoms with Gasteiger partial charge in [0.15, 0.2) is 0 Å². The monoisotopic (exact) mass is 359 g/mol. The average molecular weight is 360 g/mol. The molecule has 2 rings (SSSR count). The van der Waals surface area contributed by atoms with Crippen molar-refractivity contribution in [1.29, 1.82) is 0 Å². The molecule has 0 aliphatic carbocycles. The van der Waals surface area contributed by atoms with Gasteiger partial charge in [-0.25, -0.2) is 8.42 Å².